The molecule has 2 unspecified atom stereocenters. The Labute approximate surface area is 182 Å². The van der Waals surface area contributed by atoms with Crippen molar-refractivity contribution in [1.82, 2.24) is 5.32 Å². The molecule has 1 N–H and O–H groups in total. The van der Waals surface area contributed by atoms with E-state index in [0.717, 1.165) is 12.5 Å². The van der Waals surface area contributed by atoms with Gasteiger partial charge in [-0.25, -0.2) is 0 Å². The second-order valence-corrected chi connectivity index (χ2v) is 7.88. The number of allylic oxidation sites excluding steroid dienone is 1. The molecule has 0 aliphatic carbocycles. The molecule has 0 aliphatic heterocycles. The van der Waals surface area contributed by atoms with Crippen molar-refractivity contribution >= 4 is 46.8 Å². The molecule has 0 fully saturated rings. The Morgan fingerprint density at radius 3 is 2.24 bits per heavy atom. The number of carbonyl (C=O) groups excluding carboxylic acids is 1. The van der Waals surface area contributed by atoms with E-state index in [0.29, 0.717) is 5.56 Å². The quantitative estimate of drug-likeness (QED) is 0.470. The van der Waals surface area contributed by atoms with E-state index in [1.807, 2.05) is 13.8 Å². The predicted octanol–water partition coefficient (Wildman–Crippen LogP) is 7.53. The maximum Gasteiger partial charge on any atom is 0.399 e. The zero-order valence-corrected chi connectivity index (χ0v) is 17.9. The summed E-state index contributed by atoms with van der Waals surface area (Å²) in [6, 6.07) is 8.27. The lowest BCUT2D eigenvalue weighted by Gasteiger charge is -2.18. The lowest BCUT2D eigenvalue weighted by Crippen LogP contribution is -2.32. The maximum absolute atomic E-state index is 13.6. The topological polar surface area (TPSA) is 29.1 Å². The fourth-order valence-electron chi connectivity index (χ4n) is 2.59. The highest BCUT2D eigenvalue weighted by Gasteiger charge is 2.39. The Balaban J connectivity index is 2.30. The minimum Gasteiger partial charge on any atom is -0.350 e. The van der Waals surface area contributed by atoms with Crippen LogP contribution in [0.4, 0.5) is 13.2 Å². The van der Waals surface area contributed by atoms with Crippen molar-refractivity contribution in [2.45, 2.75) is 38.4 Å². The number of alkyl halides is 3. The van der Waals surface area contributed by atoms with Crippen LogP contribution in [0, 0.1) is 0 Å². The SMILES string of the molecule is CCC(C)NC(=O)c1ccc(/C=C/C(c2cc(Cl)cc(Cl)c2)C(F)(F)F)cc1Cl. The van der Waals surface area contributed by atoms with Gasteiger partial charge in [0, 0.05) is 16.1 Å². The van der Waals surface area contributed by atoms with Gasteiger partial charge in [0.2, 0.25) is 0 Å². The van der Waals surface area contributed by atoms with Crippen molar-refractivity contribution in [3.8, 4) is 0 Å². The Kier molecular flexibility index (Phi) is 8.03. The summed E-state index contributed by atoms with van der Waals surface area (Å²) in [7, 11) is 0. The van der Waals surface area contributed by atoms with Crippen LogP contribution in [0.1, 0.15) is 47.7 Å². The normalized spacial score (nSPS) is 14.1. The molecule has 0 heterocycles. The van der Waals surface area contributed by atoms with E-state index in [1.165, 1.54) is 42.5 Å². The fraction of sp³-hybridized carbons (Fsp3) is 0.286. The second kappa shape index (κ2) is 9.88. The van der Waals surface area contributed by atoms with Gasteiger partial charge in [0.25, 0.3) is 5.91 Å². The number of amides is 1. The molecule has 2 aromatic rings. The third-order valence-electron chi connectivity index (χ3n) is 4.31. The molecular weight excluding hydrogens is 446 g/mol. The molecule has 29 heavy (non-hydrogen) atoms. The maximum atomic E-state index is 13.6. The smallest absolute Gasteiger partial charge is 0.350 e. The van der Waals surface area contributed by atoms with Gasteiger partial charge in [-0.05, 0) is 54.8 Å². The second-order valence-electron chi connectivity index (χ2n) is 6.60. The van der Waals surface area contributed by atoms with Crippen LogP contribution >= 0.6 is 34.8 Å². The number of rotatable bonds is 6. The number of carbonyl (C=O) groups is 1. The van der Waals surface area contributed by atoms with Crippen LogP contribution in [0.3, 0.4) is 0 Å². The van der Waals surface area contributed by atoms with Crippen molar-refractivity contribution in [3.05, 3.63) is 74.2 Å². The van der Waals surface area contributed by atoms with Crippen molar-refractivity contribution < 1.29 is 18.0 Å². The summed E-state index contributed by atoms with van der Waals surface area (Å²) < 4.78 is 40.7. The van der Waals surface area contributed by atoms with Gasteiger partial charge in [-0.3, -0.25) is 4.79 Å². The summed E-state index contributed by atoms with van der Waals surface area (Å²) in [6.07, 6.45) is -1.47. The molecule has 0 spiro atoms. The zero-order chi connectivity index (χ0) is 21.8. The summed E-state index contributed by atoms with van der Waals surface area (Å²) in [5.74, 6) is -2.23. The molecule has 0 saturated carbocycles. The molecule has 1 amide bonds. The minimum atomic E-state index is -4.54. The van der Waals surface area contributed by atoms with Gasteiger partial charge in [-0.1, -0.05) is 59.9 Å². The van der Waals surface area contributed by atoms with Gasteiger partial charge >= 0.3 is 6.18 Å². The van der Waals surface area contributed by atoms with Crippen LogP contribution < -0.4 is 5.32 Å². The molecule has 0 bridgehead atoms. The number of benzene rings is 2. The Morgan fingerprint density at radius 1 is 1.10 bits per heavy atom. The number of hydrogen-bond acceptors (Lipinski definition) is 1. The van der Waals surface area contributed by atoms with Crippen LogP contribution in [0.5, 0.6) is 0 Å². The molecule has 2 nitrogen and oxygen atoms in total. The number of nitrogens with one attached hydrogen (secondary N) is 1. The first kappa shape index (κ1) is 23.6. The number of hydrogen-bond donors (Lipinski definition) is 1. The minimum absolute atomic E-state index is 0.0183. The van der Waals surface area contributed by atoms with Crippen LogP contribution in [0.25, 0.3) is 6.08 Å². The molecule has 0 aromatic heterocycles. The highest BCUT2D eigenvalue weighted by Crippen LogP contribution is 2.38. The molecule has 2 atom stereocenters. The van der Waals surface area contributed by atoms with Gasteiger partial charge in [-0.2, -0.15) is 13.2 Å². The molecule has 0 saturated heterocycles. The van der Waals surface area contributed by atoms with Gasteiger partial charge in [0.1, 0.15) is 0 Å². The zero-order valence-electron chi connectivity index (χ0n) is 15.7. The molecular formula is C21H19Cl3F3NO. The van der Waals surface area contributed by atoms with Crippen LogP contribution in [-0.4, -0.2) is 18.1 Å². The average molecular weight is 465 g/mol. The largest absolute Gasteiger partial charge is 0.399 e. The van der Waals surface area contributed by atoms with Gasteiger partial charge in [-0.15, -0.1) is 0 Å². The summed E-state index contributed by atoms with van der Waals surface area (Å²) in [5, 5.41) is 3.19. The van der Waals surface area contributed by atoms with Crippen molar-refractivity contribution in [2.75, 3.05) is 0 Å². The van der Waals surface area contributed by atoms with Gasteiger partial charge in [0.15, 0.2) is 0 Å². The van der Waals surface area contributed by atoms with E-state index in [9.17, 15) is 18.0 Å². The van der Waals surface area contributed by atoms with Crippen molar-refractivity contribution in [3.63, 3.8) is 0 Å². The third kappa shape index (κ3) is 6.66. The van der Waals surface area contributed by atoms with Gasteiger partial charge in [0.05, 0.1) is 16.5 Å². The molecule has 156 valence electrons. The average Bonchev–Trinajstić information content (AvgIpc) is 2.59. The summed E-state index contributed by atoms with van der Waals surface area (Å²) in [6.45, 7) is 3.80. The van der Waals surface area contributed by atoms with E-state index < -0.39 is 12.1 Å². The first-order chi connectivity index (χ1) is 13.5. The van der Waals surface area contributed by atoms with E-state index in [4.69, 9.17) is 34.8 Å². The molecule has 0 radical (unpaired) electrons. The molecule has 2 rings (SSSR count). The number of halogens is 6. The highest BCUT2D eigenvalue weighted by atomic mass is 35.5. The lowest BCUT2D eigenvalue weighted by atomic mass is 9.97. The summed E-state index contributed by atoms with van der Waals surface area (Å²) in [5.41, 5.74) is 0.623. The fourth-order valence-corrected chi connectivity index (χ4v) is 3.41. The summed E-state index contributed by atoms with van der Waals surface area (Å²) >= 11 is 17.9. The Bertz CT molecular complexity index is 892. The van der Waals surface area contributed by atoms with Gasteiger partial charge < -0.3 is 5.32 Å². The molecule has 2 aromatic carbocycles. The van der Waals surface area contributed by atoms with Crippen molar-refractivity contribution in [2.24, 2.45) is 0 Å². The third-order valence-corrected chi connectivity index (χ3v) is 5.05. The van der Waals surface area contributed by atoms with E-state index in [2.05, 4.69) is 5.32 Å². The molecule has 8 heteroatoms. The molecule has 0 aliphatic rings. The van der Waals surface area contributed by atoms with E-state index in [-0.39, 0.29) is 38.1 Å². The van der Waals surface area contributed by atoms with Crippen LogP contribution in [-0.2, 0) is 0 Å². The van der Waals surface area contributed by atoms with Crippen LogP contribution in [0.15, 0.2) is 42.5 Å². The van der Waals surface area contributed by atoms with Crippen LogP contribution in [0.2, 0.25) is 15.1 Å². The lowest BCUT2D eigenvalue weighted by molar-refractivity contribution is -0.139. The first-order valence-electron chi connectivity index (χ1n) is 8.82. The summed E-state index contributed by atoms with van der Waals surface area (Å²) in [4.78, 5) is 12.2. The van der Waals surface area contributed by atoms with E-state index in [1.54, 1.807) is 0 Å². The monoisotopic (exact) mass is 463 g/mol. The Morgan fingerprint density at radius 2 is 1.72 bits per heavy atom. The highest BCUT2D eigenvalue weighted by molar-refractivity contribution is 6.35. The van der Waals surface area contributed by atoms with Crippen molar-refractivity contribution in [1.29, 1.82) is 0 Å². The van der Waals surface area contributed by atoms with E-state index >= 15 is 0 Å². The first-order valence-corrected chi connectivity index (χ1v) is 9.96. The predicted molar refractivity (Wildman–Crippen MR) is 113 cm³/mol. The Hall–Kier alpha value is -1.69. The standard InChI is InChI=1S/C21H19Cl3F3NO/c1-3-12(2)28-20(29)17-6-4-13(8-19(17)24)5-7-18(21(25,26)27)14-9-15(22)11-16(23)10-14/h4-12,18H,3H2,1-2H3,(H,28,29)/b7-5+.